The van der Waals surface area contributed by atoms with Crippen LogP contribution in [0.25, 0.3) is 5.70 Å². The Kier molecular flexibility index (Phi) is 8.15. The van der Waals surface area contributed by atoms with E-state index in [0.717, 1.165) is 39.7 Å². The molecule has 0 aliphatic carbocycles. The van der Waals surface area contributed by atoms with Crippen molar-refractivity contribution in [3.63, 3.8) is 0 Å². The molecular weight excluding hydrogens is 424 g/mol. The van der Waals surface area contributed by atoms with Gasteiger partial charge in [-0.25, -0.2) is 4.99 Å². The van der Waals surface area contributed by atoms with E-state index in [1.54, 1.807) is 11.8 Å². The summed E-state index contributed by atoms with van der Waals surface area (Å²) in [5.41, 5.74) is 3.95. The highest BCUT2D eigenvalue weighted by molar-refractivity contribution is 8.14. The first kappa shape index (κ1) is 23.1. The summed E-state index contributed by atoms with van der Waals surface area (Å²) in [5, 5.41) is 4.03. The Morgan fingerprint density at radius 3 is 2.18 bits per heavy atom. The molecule has 3 nitrogen and oxygen atoms in total. The molecule has 0 saturated carbocycles. The van der Waals surface area contributed by atoms with Gasteiger partial charge in [-0.1, -0.05) is 98.6 Å². The highest BCUT2D eigenvalue weighted by Crippen LogP contribution is 2.39. The molecule has 1 heterocycles. The Labute approximate surface area is 201 Å². The fourth-order valence-electron chi connectivity index (χ4n) is 4.05. The number of allylic oxidation sites excluding steroid dienone is 1. The fourth-order valence-corrected chi connectivity index (χ4v) is 5.20. The van der Waals surface area contributed by atoms with Gasteiger partial charge in [0.05, 0.1) is 16.7 Å². The van der Waals surface area contributed by atoms with Crippen LogP contribution in [0, 0.1) is 5.92 Å². The lowest BCUT2D eigenvalue weighted by Crippen LogP contribution is -2.34. The van der Waals surface area contributed by atoms with Crippen molar-refractivity contribution < 1.29 is 4.79 Å². The lowest BCUT2D eigenvalue weighted by Gasteiger charge is -2.30. The molecule has 3 aromatic rings. The molecule has 0 bridgehead atoms. The summed E-state index contributed by atoms with van der Waals surface area (Å²) >= 11 is 1.73. The van der Waals surface area contributed by atoms with E-state index in [-0.39, 0.29) is 17.7 Å². The van der Waals surface area contributed by atoms with Crippen LogP contribution >= 0.6 is 11.8 Å². The number of amides is 1. The van der Waals surface area contributed by atoms with Crippen molar-refractivity contribution in [2.75, 3.05) is 11.1 Å². The van der Waals surface area contributed by atoms with Crippen molar-refractivity contribution in [3.8, 4) is 0 Å². The molecule has 3 aromatic carbocycles. The number of hydrogen-bond donors (Lipinski definition) is 1. The van der Waals surface area contributed by atoms with Crippen LogP contribution in [0.1, 0.15) is 43.2 Å². The summed E-state index contributed by atoms with van der Waals surface area (Å²) in [6.45, 7) is 2.21. The van der Waals surface area contributed by atoms with Gasteiger partial charge >= 0.3 is 0 Å². The number of nitrogens with one attached hydrogen (secondary N) is 1. The number of carbonyl (C=O) groups is 1. The molecule has 0 saturated heterocycles. The van der Waals surface area contributed by atoms with Crippen LogP contribution in [-0.2, 0) is 4.79 Å². The fraction of sp³-hybridized carbons (Fsp3) is 0.241. The average molecular weight is 455 g/mol. The van der Waals surface area contributed by atoms with Gasteiger partial charge in [-0.3, -0.25) is 4.79 Å². The van der Waals surface area contributed by atoms with Gasteiger partial charge < -0.3 is 5.32 Å². The standard InChI is InChI=1S/C29H30N2OS/c1-2-3-13-20-33-29-27(28(32)30-24-18-11-6-12-19-24)25(22-14-7-4-8-15-22)21-26(31-29)23-16-9-5-10-17-23/h4-12,14-19,21,25,27H,2-3,13,20H2,1H3,(H,30,32). The predicted molar refractivity (Wildman–Crippen MR) is 142 cm³/mol. The second-order valence-electron chi connectivity index (χ2n) is 8.19. The third-order valence-electron chi connectivity index (χ3n) is 5.77. The SMILES string of the molecule is CCCCCSC1=NC(c2ccccc2)=CC(c2ccccc2)C1C(=O)Nc1ccccc1. The number of carbonyl (C=O) groups excluding carboxylic acids is 1. The highest BCUT2D eigenvalue weighted by atomic mass is 32.2. The smallest absolute Gasteiger partial charge is 0.235 e. The van der Waals surface area contributed by atoms with E-state index in [2.05, 4.69) is 42.6 Å². The molecule has 0 radical (unpaired) electrons. The Bertz CT molecular complexity index is 1090. The zero-order valence-corrected chi connectivity index (χ0v) is 19.8. The molecule has 0 spiro atoms. The molecule has 168 valence electrons. The van der Waals surface area contributed by atoms with Crippen molar-refractivity contribution >= 4 is 34.1 Å². The van der Waals surface area contributed by atoms with Crippen LogP contribution < -0.4 is 5.32 Å². The normalized spacial score (nSPS) is 17.7. The maximum atomic E-state index is 13.7. The summed E-state index contributed by atoms with van der Waals surface area (Å²) in [6, 6.07) is 30.2. The lowest BCUT2D eigenvalue weighted by atomic mass is 9.82. The van der Waals surface area contributed by atoms with Gasteiger partial charge in [0, 0.05) is 11.6 Å². The van der Waals surface area contributed by atoms with E-state index in [4.69, 9.17) is 4.99 Å². The lowest BCUT2D eigenvalue weighted by molar-refractivity contribution is -0.118. The van der Waals surface area contributed by atoms with Crippen LogP contribution in [0.5, 0.6) is 0 Å². The minimum absolute atomic E-state index is 0.0137. The average Bonchev–Trinajstić information content (AvgIpc) is 2.87. The molecule has 0 aromatic heterocycles. The second-order valence-corrected chi connectivity index (χ2v) is 9.31. The maximum Gasteiger partial charge on any atom is 0.235 e. The van der Waals surface area contributed by atoms with Crippen molar-refractivity contribution in [2.45, 2.75) is 32.1 Å². The second kappa shape index (κ2) is 11.7. The van der Waals surface area contributed by atoms with Crippen LogP contribution in [-0.4, -0.2) is 16.7 Å². The molecule has 4 rings (SSSR count). The molecule has 1 aliphatic rings. The monoisotopic (exact) mass is 454 g/mol. The van der Waals surface area contributed by atoms with Crippen LogP contribution in [0.15, 0.2) is 102 Å². The third-order valence-corrected chi connectivity index (χ3v) is 6.90. The van der Waals surface area contributed by atoms with E-state index >= 15 is 0 Å². The first-order valence-electron chi connectivity index (χ1n) is 11.7. The van der Waals surface area contributed by atoms with Crippen LogP contribution in [0.4, 0.5) is 5.69 Å². The van der Waals surface area contributed by atoms with Crippen LogP contribution in [0.3, 0.4) is 0 Å². The highest BCUT2D eigenvalue weighted by Gasteiger charge is 2.36. The van der Waals surface area contributed by atoms with Crippen molar-refractivity contribution in [1.82, 2.24) is 0 Å². The predicted octanol–water partition coefficient (Wildman–Crippen LogP) is 7.40. The van der Waals surface area contributed by atoms with E-state index in [1.165, 1.54) is 12.8 Å². The van der Waals surface area contributed by atoms with E-state index in [1.807, 2.05) is 66.7 Å². The van der Waals surface area contributed by atoms with E-state index in [9.17, 15) is 4.79 Å². The topological polar surface area (TPSA) is 41.5 Å². The van der Waals surface area contributed by atoms with Gasteiger partial charge in [0.1, 0.15) is 0 Å². The minimum Gasteiger partial charge on any atom is -0.325 e. The van der Waals surface area contributed by atoms with Gasteiger partial charge in [-0.15, -0.1) is 11.8 Å². The number of aliphatic imine (C=N–C) groups is 1. The summed E-state index contributed by atoms with van der Waals surface area (Å²) < 4.78 is 0. The molecule has 2 atom stereocenters. The quantitative estimate of drug-likeness (QED) is 0.360. The van der Waals surface area contributed by atoms with Crippen molar-refractivity contribution in [1.29, 1.82) is 0 Å². The van der Waals surface area contributed by atoms with Gasteiger partial charge in [-0.05, 0) is 41.5 Å². The summed E-state index contributed by atoms with van der Waals surface area (Å²) in [6.07, 6.45) is 5.64. The number of benzene rings is 3. The number of para-hydroxylation sites is 1. The minimum atomic E-state index is -0.369. The van der Waals surface area contributed by atoms with Crippen molar-refractivity contribution in [2.24, 2.45) is 10.9 Å². The number of rotatable bonds is 8. The maximum absolute atomic E-state index is 13.7. The Morgan fingerprint density at radius 1 is 0.879 bits per heavy atom. The number of hydrogen-bond acceptors (Lipinski definition) is 3. The number of anilines is 1. The summed E-state index contributed by atoms with van der Waals surface area (Å²) in [5.74, 6) is 0.494. The molecule has 33 heavy (non-hydrogen) atoms. The first-order chi connectivity index (χ1) is 16.3. The Morgan fingerprint density at radius 2 is 1.52 bits per heavy atom. The zero-order chi connectivity index (χ0) is 22.9. The Hall–Kier alpha value is -3.11. The molecule has 0 fully saturated rings. The molecule has 2 unspecified atom stereocenters. The van der Waals surface area contributed by atoms with Gasteiger partial charge in [0.25, 0.3) is 0 Å². The van der Waals surface area contributed by atoms with Gasteiger partial charge in [0.15, 0.2) is 0 Å². The van der Waals surface area contributed by atoms with E-state index in [0.29, 0.717) is 0 Å². The van der Waals surface area contributed by atoms with Gasteiger partial charge in [0.2, 0.25) is 5.91 Å². The van der Waals surface area contributed by atoms with E-state index < -0.39 is 0 Å². The number of thioether (sulfide) groups is 1. The molecule has 1 aliphatic heterocycles. The number of nitrogens with zero attached hydrogens (tertiary/aromatic N) is 1. The number of unbranched alkanes of at least 4 members (excludes halogenated alkanes) is 2. The largest absolute Gasteiger partial charge is 0.325 e. The first-order valence-corrected chi connectivity index (χ1v) is 12.6. The van der Waals surface area contributed by atoms with Crippen LogP contribution in [0.2, 0.25) is 0 Å². The molecular formula is C29H30N2OS. The molecule has 1 N–H and O–H groups in total. The third kappa shape index (κ3) is 6.02. The Balaban J connectivity index is 1.72. The summed E-state index contributed by atoms with van der Waals surface area (Å²) in [4.78, 5) is 18.7. The van der Waals surface area contributed by atoms with Crippen molar-refractivity contribution in [3.05, 3.63) is 108 Å². The van der Waals surface area contributed by atoms with Gasteiger partial charge in [-0.2, -0.15) is 0 Å². The summed E-state index contributed by atoms with van der Waals surface area (Å²) in [7, 11) is 0. The molecule has 1 amide bonds. The zero-order valence-electron chi connectivity index (χ0n) is 19.0. The molecule has 4 heteroatoms.